The van der Waals surface area contributed by atoms with Crippen LogP contribution in [0.25, 0.3) is 32.0 Å². The third kappa shape index (κ3) is 2.71. The highest BCUT2D eigenvalue weighted by atomic mass is 32.1. The van der Waals surface area contributed by atoms with Gasteiger partial charge >= 0.3 is 0 Å². The molecule has 1 aliphatic rings. The minimum absolute atomic E-state index is 0.0308. The molecule has 0 amide bonds. The number of thiophene rings is 1. The van der Waals surface area contributed by atoms with Crippen molar-refractivity contribution >= 4 is 21.6 Å². The molecule has 0 radical (unpaired) electrons. The van der Waals surface area contributed by atoms with Gasteiger partial charge in [0.25, 0.3) is 5.56 Å². The van der Waals surface area contributed by atoms with Crippen molar-refractivity contribution in [1.82, 2.24) is 9.97 Å². The Bertz CT molecular complexity index is 1260. The fourth-order valence-corrected chi connectivity index (χ4v) is 5.29. The number of nitrogens with one attached hydrogen (secondary N) is 1. The fraction of sp³-hybridized carbons (Fsp3) is 0.250. The first kappa shape index (κ1) is 17.4. The van der Waals surface area contributed by atoms with Gasteiger partial charge in [-0.25, -0.2) is 4.98 Å². The van der Waals surface area contributed by atoms with Crippen LogP contribution in [0.3, 0.4) is 0 Å². The van der Waals surface area contributed by atoms with Gasteiger partial charge < -0.3 is 4.98 Å². The molecular weight excluding hydrogens is 364 g/mol. The third-order valence-corrected chi connectivity index (χ3v) is 6.75. The zero-order chi connectivity index (χ0) is 19.5. The van der Waals surface area contributed by atoms with Gasteiger partial charge in [0.2, 0.25) is 0 Å². The highest BCUT2D eigenvalue weighted by molar-refractivity contribution is 7.22. The van der Waals surface area contributed by atoms with Crippen molar-refractivity contribution in [3.8, 4) is 21.8 Å². The summed E-state index contributed by atoms with van der Waals surface area (Å²) in [7, 11) is 0. The summed E-state index contributed by atoms with van der Waals surface area (Å²) in [6, 6.07) is 16.8. The van der Waals surface area contributed by atoms with E-state index in [1.165, 1.54) is 21.6 Å². The average Bonchev–Trinajstić information content (AvgIpc) is 3.07. The lowest BCUT2D eigenvalue weighted by atomic mass is 9.86. The molecule has 5 rings (SSSR count). The molecule has 4 aromatic rings. The van der Waals surface area contributed by atoms with Crippen LogP contribution in [-0.2, 0) is 18.3 Å². The standard InChI is InChI=1S/C24H22N2OS/c1-24(2,3)16-11-8-15(9-12-16)21-25-22(27)19-18-13-10-14-6-4-5-7-17(14)20(18)28-23(19)26-21/h4-9,11-12H,10,13H2,1-3H3,(H,25,26,27). The molecule has 28 heavy (non-hydrogen) atoms. The largest absolute Gasteiger partial charge is 0.306 e. The maximum atomic E-state index is 13.0. The van der Waals surface area contributed by atoms with E-state index in [0.717, 1.165) is 34.2 Å². The zero-order valence-corrected chi connectivity index (χ0v) is 17.1. The van der Waals surface area contributed by atoms with Gasteiger partial charge in [0.15, 0.2) is 0 Å². The molecule has 0 bridgehead atoms. The summed E-state index contributed by atoms with van der Waals surface area (Å²) < 4.78 is 0. The highest BCUT2D eigenvalue weighted by Gasteiger charge is 2.23. The Morgan fingerprint density at radius 3 is 2.50 bits per heavy atom. The quantitative estimate of drug-likeness (QED) is 0.455. The SMILES string of the molecule is CC(C)(C)c1ccc(-c2nc3sc4c(c3c(=O)[nH]2)CCc2ccccc2-4)cc1. The van der Waals surface area contributed by atoms with Crippen molar-refractivity contribution in [3.63, 3.8) is 0 Å². The lowest BCUT2D eigenvalue weighted by Crippen LogP contribution is -2.12. The number of aromatic nitrogens is 2. The Balaban J connectivity index is 1.66. The molecule has 1 aliphatic carbocycles. The molecule has 2 aromatic carbocycles. The van der Waals surface area contributed by atoms with Crippen LogP contribution in [0.2, 0.25) is 0 Å². The van der Waals surface area contributed by atoms with Crippen molar-refractivity contribution in [3.05, 3.63) is 75.6 Å². The predicted molar refractivity (Wildman–Crippen MR) is 117 cm³/mol. The Kier molecular flexibility index (Phi) is 3.81. The van der Waals surface area contributed by atoms with E-state index < -0.39 is 0 Å². The Morgan fingerprint density at radius 2 is 1.75 bits per heavy atom. The Hall–Kier alpha value is -2.72. The number of hydrogen-bond donors (Lipinski definition) is 1. The van der Waals surface area contributed by atoms with Gasteiger partial charge in [-0.05, 0) is 40.5 Å². The Morgan fingerprint density at radius 1 is 1.00 bits per heavy atom. The lowest BCUT2D eigenvalue weighted by Gasteiger charge is -2.19. The first-order chi connectivity index (χ1) is 13.4. The predicted octanol–water partition coefficient (Wildman–Crippen LogP) is 5.71. The summed E-state index contributed by atoms with van der Waals surface area (Å²) >= 11 is 1.64. The third-order valence-electron chi connectivity index (χ3n) is 5.59. The number of rotatable bonds is 1. The number of aromatic amines is 1. The molecule has 0 aliphatic heterocycles. The van der Waals surface area contributed by atoms with E-state index in [1.807, 2.05) is 12.1 Å². The molecule has 0 spiro atoms. The normalized spacial score (nSPS) is 13.4. The monoisotopic (exact) mass is 386 g/mol. The molecule has 1 N–H and O–H groups in total. The van der Waals surface area contributed by atoms with E-state index in [9.17, 15) is 4.79 Å². The molecule has 2 heterocycles. The van der Waals surface area contributed by atoms with Gasteiger partial charge in [0.05, 0.1) is 5.39 Å². The highest BCUT2D eigenvalue weighted by Crippen LogP contribution is 2.42. The number of aryl methyl sites for hydroxylation is 2. The minimum Gasteiger partial charge on any atom is -0.306 e. The van der Waals surface area contributed by atoms with Crippen molar-refractivity contribution in [2.24, 2.45) is 0 Å². The van der Waals surface area contributed by atoms with E-state index in [4.69, 9.17) is 4.98 Å². The zero-order valence-electron chi connectivity index (χ0n) is 16.3. The van der Waals surface area contributed by atoms with Crippen LogP contribution in [0.4, 0.5) is 0 Å². The first-order valence-corrected chi connectivity index (χ1v) is 10.5. The van der Waals surface area contributed by atoms with Crippen LogP contribution < -0.4 is 5.56 Å². The van der Waals surface area contributed by atoms with E-state index in [1.54, 1.807) is 11.3 Å². The molecule has 0 fully saturated rings. The van der Waals surface area contributed by atoms with Gasteiger partial charge in [0.1, 0.15) is 10.7 Å². The summed E-state index contributed by atoms with van der Waals surface area (Å²) in [6.07, 6.45) is 1.88. The van der Waals surface area contributed by atoms with Gasteiger partial charge in [-0.15, -0.1) is 11.3 Å². The van der Waals surface area contributed by atoms with E-state index in [0.29, 0.717) is 5.82 Å². The van der Waals surface area contributed by atoms with Gasteiger partial charge in [-0.3, -0.25) is 4.79 Å². The first-order valence-electron chi connectivity index (χ1n) is 9.67. The van der Waals surface area contributed by atoms with E-state index in [2.05, 4.69) is 62.2 Å². The molecular formula is C24H22N2OS. The van der Waals surface area contributed by atoms with Crippen LogP contribution in [0.15, 0.2) is 53.3 Å². The Labute approximate surface area is 168 Å². The summed E-state index contributed by atoms with van der Waals surface area (Å²) in [5, 5.41) is 0.768. The van der Waals surface area contributed by atoms with Crippen molar-refractivity contribution in [2.45, 2.75) is 39.0 Å². The molecule has 3 nitrogen and oxygen atoms in total. The van der Waals surface area contributed by atoms with Crippen LogP contribution in [0.1, 0.15) is 37.5 Å². The minimum atomic E-state index is -0.0308. The smallest absolute Gasteiger partial charge is 0.260 e. The van der Waals surface area contributed by atoms with Crippen LogP contribution in [-0.4, -0.2) is 9.97 Å². The second kappa shape index (κ2) is 6.14. The second-order valence-electron chi connectivity index (χ2n) is 8.49. The van der Waals surface area contributed by atoms with E-state index in [-0.39, 0.29) is 11.0 Å². The molecule has 140 valence electrons. The maximum Gasteiger partial charge on any atom is 0.260 e. The summed E-state index contributed by atoms with van der Waals surface area (Å²) in [5.74, 6) is 0.643. The van der Waals surface area contributed by atoms with Crippen molar-refractivity contribution in [1.29, 1.82) is 0 Å². The number of nitrogens with zero attached hydrogens (tertiary/aromatic N) is 1. The summed E-state index contributed by atoms with van der Waals surface area (Å²) in [5.41, 5.74) is 6.04. The molecule has 0 saturated heterocycles. The molecule has 0 atom stereocenters. The maximum absolute atomic E-state index is 13.0. The molecule has 0 unspecified atom stereocenters. The average molecular weight is 387 g/mol. The number of fused-ring (bicyclic) bond motifs is 5. The summed E-state index contributed by atoms with van der Waals surface area (Å²) in [4.78, 5) is 22.9. The molecule has 2 aromatic heterocycles. The fourth-order valence-electron chi connectivity index (χ4n) is 4.00. The van der Waals surface area contributed by atoms with Crippen LogP contribution in [0.5, 0.6) is 0 Å². The number of H-pyrrole nitrogens is 1. The van der Waals surface area contributed by atoms with Crippen molar-refractivity contribution in [2.75, 3.05) is 0 Å². The van der Waals surface area contributed by atoms with Crippen LogP contribution in [0, 0.1) is 0 Å². The van der Waals surface area contributed by atoms with E-state index >= 15 is 0 Å². The summed E-state index contributed by atoms with van der Waals surface area (Å²) in [6.45, 7) is 6.59. The molecule has 4 heteroatoms. The molecule has 0 saturated carbocycles. The van der Waals surface area contributed by atoms with Gasteiger partial charge in [-0.1, -0.05) is 69.3 Å². The van der Waals surface area contributed by atoms with Gasteiger partial charge in [-0.2, -0.15) is 0 Å². The van der Waals surface area contributed by atoms with Crippen LogP contribution >= 0.6 is 11.3 Å². The lowest BCUT2D eigenvalue weighted by molar-refractivity contribution is 0.590. The topological polar surface area (TPSA) is 45.8 Å². The number of benzene rings is 2. The van der Waals surface area contributed by atoms with Crippen molar-refractivity contribution < 1.29 is 0 Å². The van der Waals surface area contributed by atoms with Gasteiger partial charge in [0, 0.05) is 10.4 Å². The second-order valence-corrected chi connectivity index (χ2v) is 9.49. The number of hydrogen-bond acceptors (Lipinski definition) is 3.